The summed E-state index contributed by atoms with van der Waals surface area (Å²) < 4.78 is 55.8. The normalized spacial score (nSPS) is 24.8. The second-order valence-corrected chi connectivity index (χ2v) is 10.7. The highest BCUT2D eigenvalue weighted by Crippen LogP contribution is 2.41. The molecule has 0 amide bonds. The van der Waals surface area contributed by atoms with Gasteiger partial charge in [-0.05, 0) is 91.9 Å². The lowest BCUT2D eigenvalue weighted by Crippen LogP contribution is -2.20. The summed E-state index contributed by atoms with van der Waals surface area (Å²) >= 11 is 0. The Morgan fingerprint density at radius 1 is 0.771 bits per heavy atom. The third-order valence-electron chi connectivity index (χ3n) is 8.03. The Bertz CT molecular complexity index is 960. The van der Waals surface area contributed by atoms with Crippen LogP contribution >= 0.6 is 0 Å². The van der Waals surface area contributed by atoms with E-state index in [2.05, 4.69) is 13.8 Å². The molecule has 0 aliphatic heterocycles. The fraction of sp³-hybridized carbons (Fsp3) is 0.600. The van der Waals surface area contributed by atoms with Gasteiger partial charge in [0.05, 0.1) is 13.2 Å². The van der Waals surface area contributed by atoms with Crippen LogP contribution in [0.25, 0.3) is 0 Å². The topological polar surface area (TPSA) is 18.5 Å². The first-order valence-corrected chi connectivity index (χ1v) is 13.5. The highest BCUT2D eigenvalue weighted by atomic mass is 19.2. The lowest BCUT2D eigenvalue weighted by Gasteiger charge is -2.30. The van der Waals surface area contributed by atoms with E-state index in [1.165, 1.54) is 6.07 Å². The molecule has 0 saturated heterocycles. The summed E-state index contributed by atoms with van der Waals surface area (Å²) in [4.78, 5) is 0. The van der Waals surface area contributed by atoms with E-state index in [1.54, 1.807) is 12.1 Å². The lowest BCUT2D eigenvalue weighted by molar-refractivity contribution is 0.193. The van der Waals surface area contributed by atoms with E-state index in [0.29, 0.717) is 36.0 Å². The predicted molar refractivity (Wildman–Crippen MR) is 134 cm³/mol. The average molecular weight is 489 g/mol. The Morgan fingerprint density at radius 3 is 1.94 bits per heavy atom. The molecule has 2 aromatic carbocycles. The van der Waals surface area contributed by atoms with Gasteiger partial charge in [0, 0.05) is 6.07 Å². The van der Waals surface area contributed by atoms with Gasteiger partial charge in [0.15, 0.2) is 23.2 Å². The van der Waals surface area contributed by atoms with Crippen LogP contribution in [0.3, 0.4) is 0 Å². The molecule has 2 saturated carbocycles. The summed E-state index contributed by atoms with van der Waals surface area (Å²) in [5, 5.41) is 0. The summed E-state index contributed by atoms with van der Waals surface area (Å²) in [5.74, 6) is 0.169. The fourth-order valence-corrected chi connectivity index (χ4v) is 5.65. The van der Waals surface area contributed by atoms with Crippen molar-refractivity contribution < 1.29 is 22.6 Å². The zero-order valence-electron chi connectivity index (χ0n) is 21.1. The van der Waals surface area contributed by atoms with Crippen LogP contribution in [0.4, 0.5) is 13.2 Å². The van der Waals surface area contributed by atoms with Gasteiger partial charge in [-0.3, -0.25) is 0 Å². The van der Waals surface area contributed by atoms with Crippen molar-refractivity contribution in [3.05, 3.63) is 58.9 Å². The molecule has 2 aromatic rings. The first-order valence-electron chi connectivity index (χ1n) is 13.5. The van der Waals surface area contributed by atoms with Crippen LogP contribution in [0.2, 0.25) is 0 Å². The third kappa shape index (κ3) is 6.54. The smallest absolute Gasteiger partial charge is 0.168 e. The predicted octanol–water partition coefficient (Wildman–Crippen LogP) is 8.93. The van der Waals surface area contributed by atoms with Gasteiger partial charge in [0.1, 0.15) is 5.75 Å². The molecule has 0 N–H and O–H groups in total. The van der Waals surface area contributed by atoms with Gasteiger partial charge in [0.25, 0.3) is 0 Å². The Labute approximate surface area is 208 Å². The van der Waals surface area contributed by atoms with Crippen molar-refractivity contribution >= 4 is 0 Å². The maximum absolute atomic E-state index is 15.1. The van der Waals surface area contributed by atoms with Gasteiger partial charge in [-0.15, -0.1) is 0 Å². The summed E-state index contributed by atoms with van der Waals surface area (Å²) in [5.41, 5.74) is 1.07. The molecule has 35 heavy (non-hydrogen) atoms. The Hall–Kier alpha value is -2.17. The Kier molecular flexibility index (Phi) is 9.02. The highest BCUT2D eigenvalue weighted by Gasteiger charge is 2.29. The van der Waals surface area contributed by atoms with Crippen LogP contribution in [-0.4, -0.2) is 13.2 Å². The van der Waals surface area contributed by atoms with Crippen molar-refractivity contribution in [1.82, 2.24) is 0 Å². The van der Waals surface area contributed by atoms with E-state index in [1.807, 2.05) is 12.1 Å². The van der Waals surface area contributed by atoms with Gasteiger partial charge in [-0.1, -0.05) is 45.2 Å². The van der Waals surface area contributed by atoms with Crippen molar-refractivity contribution in [2.75, 3.05) is 13.2 Å². The molecule has 0 unspecified atom stereocenters. The molecule has 2 aliphatic carbocycles. The second kappa shape index (κ2) is 12.2. The first kappa shape index (κ1) is 25.9. The molecule has 0 bridgehead atoms. The summed E-state index contributed by atoms with van der Waals surface area (Å²) in [6.45, 7) is 5.31. The minimum absolute atomic E-state index is 0.0254. The number of hydrogen-bond donors (Lipinski definition) is 0. The molecular formula is C30H39F3O2. The number of benzene rings is 2. The molecule has 0 heterocycles. The number of hydrogen-bond acceptors (Lipinski definition) is 2. The lowest BCUT2D eigenvalue weighted by atomic mass is 9.76. The Balaban J connectivity index is 1.28. The quantitative estimate of drug-likeness (QED) is 0.328. The second-order valence-electron chi connectivity index (χ2n) is 10.7. The summed E-state index contributed by atoms with van der Waals surface area (Å²) in [6, 6.07) is 8.39. The molecule has 0 radical (unpaired) electrons. The standard InChI is InChI=1S/C30H39F3O2/c1-3-4-17-34-24-13-16-28(27(31)18-24)35-19-21-7-11-23(12-8-21)26-15-14-25(29(32)30(26)33)22-9-5-20(2)6-10-22/h13-16,18,20-23H,3-12,17,19H2,1-2H3. The van der Waals surface area contributed by atoms with Crippen LogP contribution in [0.1, 0.15) is 101 Å². The molecule has 2 fully saturated rings. The third-order valence-corrected chi connectivity index (χ3v) is 8.03. The van der Waals surface area contributed by atoms with Gasteiger partial charge >= 0.3 is 0 Å². The van der Waals surface area contributed by atoms with Crippen molar-refractivity contribution in [3.8, 4) is 11.5 Å². The van der Waals surface area contributed by atoms with Crippen LogP contribution < -0.4 is 9.47 Å². The van der Waals surface area contributed by atoms with E-state index < -0.39 is 17.5 Å². The molecule has 4 rings (SSSR count). The number of unbranched alkanes of at least 4 members (excludes halogenated alkanes) is 1. The van der Waals surface area contributed by atoms with Crippen LogP contribution in [0.5, 0.6) is 11.5 Å². The van der Waals surface area contributed by atoms with Gasteiger partial charge in [-0.2, -0.15) is 0 Å². The van der Waals surface area contributed by atoms with E-state index in [-0.39, 0.29) is 23.5 Å². The van der Waals surface area contributed by atoms with Gasteiger partial charge < -0.3 is 9.47 Å². The fourth-order valence-electron chi connectivity index (χ4n) is 5.65. The average Bonchev–Trinajstić information content (AvgIpc) is 2.86. The summed E-state index contributed by atoms with van der Waals surface area (Å²) in [6.07, 6.45) is 9.30. The van der Waals surface area contributed by atoms with Gasteiger partial charge in [0.2, 0.25) is 0 Å². The van der Waals surface area contributed by atoms with Crippen molar-refractivity contribution in [1.29, 1.82) is 0 Å². The zero-order chi connectivity index (χ0) is 24.8. The summed E-state index contributed by atoms with van der Waals surface area (Å²) in [7, 11) is 0. The van der Waals surface area contributed by atoms with Gasteiger partial charge in [-0.25, -0.2) is 13.2 Å². The van der Waals surface area contributed by atoms with Crippen LogP contribution in [0.15, 0.2) is 30.3 Å². The molecule has 192 valence electrons. The number of rotatable bonds is 9. The number of ether oxygens (including phenoxy) is 2. The zero-order valence-corrected chi connectivity index (χ0v) is 21.1. The minimum atomic E-state index is -0.649. The molecule has 2 aliphatic rings. The van der Waals surface area contributed by atoms with Crippen molar-refractivity contribution in [2.45, 2.75) is 89.9 Å². The van der Waals surface area contributed by atoms with Crippen molar-refractivity contribution in [2.24, 2.45) is 11.8 Å². The molecule has 5 heteroatoms. The minimum Gasteiger partial charge on any atom is -0.493 e. The Morgan fingerprint density at radius 2 is 1.37 bits per heavy atom. The van der Waals surface area contributed by atoms with E-state index in [4.69, 9.17) is 9.47 Å². The van der Waals surface area contributed by atoms with Crippen LogP contribution in [-0.2, 0) is 0 Å². The first-order chi connectivity index (χ1) is 17.0. The maximum Gasteiger partial charge on any atom is 0.168 e. The monoisotopic (exact) mass is 488 g/mol. The van der Waals surface area contributed by atoms with Crippen LogP contribution in [0, 0.1) is 29.3 Å². The van der Waals surface area contributed by atoms with E-state index in [9.17, 15) is 8.78 Å². The van der Waals surface area contributed by atoms with Crippen molar-refractivity contribution in [3.63, 3.8) is 0 Å². The highest BCUT2D eigenvalue weighted by molar-refractivity contribution is 5.33. The molecular weight excluding hydrogens is 449 g/mol. The molecule has 0 spiro atoms. The van der Waals surface area contributed by atoms with E-state index >= 15 is 4.39 Å². The van der Waals surface area contributed by atoms with E-state index in [0.717, 1.165) is 64.2 Å². The largest absolute Gasteiger partial charge is 0.493 e. The number of halogens is 3. The molecule has 0 aromatic heterocycles. The molecule has 0 atom stereocenters. The maximum atomic E-state index is 15.1. The SMILES string of the molecule is CCCCOc1ccc(OCC2CCC(c3ccc(C4CCC(C)CC4)c(F)c3F)CC2)c(F)c1. The molecule has 2 nitrogen and oxygen atoms in total.